The number of hydrazine groups is 1. The highest BCUT2D eigenvalue weighted by Crippen LogP contribution is 2.34. The number of nitrogens with two attached hydrogens (primary N) is 1. The summed E-state index contributed by atoms with van der Waals surface area (Å²) in [5.74, 6) is 3.16. The predicted octanol–water partition coefficient (Wildman–Crippen LogP) is 3.41. The number of nitrogens with zero attached hydrogens (tertiary/aromatic N) is 1. The predicted molar refractivity (Wildman–Crippen MR) is 67.9 cm³/mol. The van der Waals surface area contributed by atoms with Gasteiger partial charge in [0.2, 0.25) is 0 Å². The minimum absolute atomic E-state index is 0.0534. The lowest BCUT2D eigenvalue weighted by atomic mass is 9.85. The van der Waals surface area contributed by atoms with E-state index in [-0.39, 0.29) is 15.7 Å². The number of halogens is 4. The molecule has 0 aliphatic heterocycles. The first-order valence-electron chi connectivity index (χ1n) is 5.40. The van der Waals surface area contributed by atoms with Crippen LogP contribution in [0.3, 0.4) is 0 Å². The molecular weight excluding hydrogens is 281 g/mol. The summed E-state index contributed by atoms with van der Waals surface area (Å²) in [4.78, 5) is 11.2. The van der Waals surface area contributed by atoms with Crippen molar-refractivity contribution >= 4 is 23.2 Å². The number of alkyl halides is 3. The summed E-state index contributed by atoms with van der Waals surface area (Å²) < 4.78 is 37.2. The molecule has 3 nitrogen and oxygen atoms in total. The molecule has 2 N–H and O–H groups in total. The largest absolute Gasteiger partial charge is 0.473 e. The molecule has 0 bridgehead atoms. The van der Waals surface area contributed by atoms with E-state index >= 15 is 0 Å². The molecule has 7 heteroatoms. The minimum Gasteiger partial charge on any atom is -0.262 e. The van der Waals surface area contributed by atoms with Gasteiger partial charge in [0.1, 0.15) is 0 Å². The van der Waals surface area contributed by atoms with Gasteiger partial charge in [0.05, 0.1) is 5.69 Å². The van der Waals surface area contributed by atoms with Crippen molar-refractivity contribution in [3.05, 3.63) is 28.8 Å². The number of hydrogen-bond acceptors (Lipinski definition) is 2. The van der Waals surface area contributed by atoms with Crippen LogP contribution in [-0.2, 0) is 10.2 Å². The molecule has 0 heterocycles. The highest BCUT2D eigenvalue weighted by Gasteiger charge is 2.43. The Morgan fingerprint density at radius 3 is 2.21 bits per heavy atom. The summed E-state index contributed by atoms with van der Waals surface area (Å²) >= 11 is 5.76. The van der Waals surface area contributed by atoms with Crippen LogP contribution in [0.4, 0.5) is 18.9 Å². The molecule has 0 saturated carbocycles. The van der Waals surface area contributed by atoms with Crippen LogP contribution in [-0.4, -0.2) is 12.1 Å². The first kappa shape index (κ1) is 15.8. The van der Waals surface area contributed by atoms with E-state index in [4.69, 9.17) is 17.4 Å². The Labute approximate surface area is 114 Å². The number of rotatable bonds is 1. The summed E-state index contributed by atoms with van der Waals surface area (Å²) in [5, 5.41) is 0.292. The van der Waals surface area contributed by atoms with Gasteiger partial charge in [0, 0.05) is 5.02 Å². The second-order valence-electron chi connectivity index (χ2n) is 5.08. The third-order valence-electron chi connectivity index (χ3n) is 2.49. The van der Waals surface area contributed by atoms with Crippen molar-refractivity contribution in [3.8, 4) is 0 Å². The van der Waals surface area contributed by atoms with Crippen molar-refractivity contribution in [3.63, 3.8) is 0 Å². The van der Waals surface area contributed by atoms with E-state index in [1.165, 1.54) is 12.1 Å². The molecular formula is C12H14ClF3N2O. The molecule has 0 aliphatic carbocycles. The Kier molecular flexibility index (Phi) is 4.17. The number of benzene rings is 1. The summed E-state index contributed by atoms with van der Waals surface area (Å²) in [6.45, 7) is 5.39. The standard InChI is InChI=1S/C12H14ClF3N2O/c1-11(2,3)8-5-4-7(13)6-9(8)18(17)10(19)12(14,15)16/h4-6H,17H2,1-3H3. The monoisotopic (exact) mass is 294 g/mol. The van der Waals surface area contributed by atoms with Crippen LogP contribution in [0.2, 0.25) is 5.02 Å². The van der Waals surface area contributed by atoms with Crippen LogP contribution < -0.4 is 10.9 Å². The van der Waals surface area contributed by atoms with Gasteiger partial charge in [-0.25, -0.2) is 10.9 Å². The smallest absolute Gasteiger partial charge is 0.262 e. The van der Waals surface area contributed by atoms with Gasteiger partial charge in [0.15, 0.2) is 0 Å². The minimum atomic E-state index is -5.04. The van der Waals surface area contributed by atoms with E-state index in [9.17, 15) is 18.0 Å². The van der Waals surface area contributed by atoms with Crippen LogP contribution in [0.25, 0.3) is 0 Å². The number of hydrogen-bond donors (Lipinski definition) is 1. The van der Waals surface area contributed by atoms with Crippen molar-refractivity contribution < 1.29 is 18.0 Å². The van der Waals surface area contributed by atoms with Gasteiger partial charge in [-0.15, -0.1) is 0 Å². The third kappa shape index (κ3) is 3.61. The summed E-state index contributed by atoms with van der Waals surface area (Å²) in [6.07, 6.45) is -5.04. The van der Waals surface area contributed by atoms with Crippen LogP contribution in [0.1, 0.15) is 26.3 Å². The molecule has 0 radical (unpaired) electrons. The molecule has 0 fully saturated rings. The van der Waals surface area contributed by atoms with E-state index in [0.29, 0.717) is 5.56 Å². The van der Waals surface area contributed by atoms with Gasteiger partial charge in [-0.3, -0.25) is 4.79 Å². The Hall–Kier alpha value is -1.27. The van der Waals surface area contributed by atoms with Crippen molar-refractivity contribution in [2.75, 3.05) is 5.01 Å². The molecule has 1 rings (SSSR count). The van der Waals surface area contributed by atoms with Crippen molar-refractivity contribution in [2.45, 2.75) is 32.4 Å². The Morgan fingerprint density at radius 1 is 1.26 bits per heavy atom. The van der Waals surface area contributed by atoms with E-state index in [1.807, 2.05) is 0 Å². The maximum atomic E-state index is 12.4. The van der Waals surface area contributed by atoms with Gasteiger partial charge in [-0.05, 0) is 23.1 Å². The van der Waals surface area contributed by atoms with Gasteiger partial charge in [-0.2, -0.15) is 13.2 Å². The van der Waals surface area contributed by atoms with Gasteiger partial charge < -0.3 is 0 Å². The van der Waals surface area contributed by atoms with E-state index in [1.54, 1.807) is 26.8 Å². The highest BCUT2D eigenvalue weighted by atomic mass is 35.5. The molecule has 0 atom stereocenters. The Balaban J connectivity index is 3.34. The molecule has 1 amide bonds. The average Bonchev–Trinajstić information content (AvgIpc) is 2.24. The highest BCUT2D eigenvalue weighted by molar-refractivity contribution is 6.31. The van der Waals surface area contributed by atoms with Crippen molar-refractivity contribution in [2.24, 2.45) is 5.84 Å². The van der Waals surface area contributed by atoms with Crippen LogP contribution in [0, 0.1) is 0 Å². The zero-order valence-corrected chi connectivity index (χ0v) is 11.4. The second-order valence-corrected chi connectivity index (χ2v) is 5.52. The van der Waals surface area contributed by atoms with E-state index < -0.39 is 17.5 Å². The number of amides is 1. The molecule has 106 valence electrons. The first-order valence-corrected chi connectivity index (χ1v) is 5.78. The molecule has 0 spiro atoms. The zero-order chi connectivity index (χ0) is 15.0. The number of anilines is 1. The second kappa shape index (κ2) is 5.02. The Bertz CT molecular complexity index is 495. The van der Waals surface area contributed by atoms with Crippen LogP contribution >= 0.6 is 11.6 Å². The Morgan fingerprint density at radius 2 is 1.79 bits per heavy atom. The van der Waals surface area contributed by atoms with Gasteiger partial charge in [-0.1, -0.05) is 38.4 Å². The maximum absolute atomic E-state index is 12.4. The molecule has 19 heavy (non-hydrogen) atoms. The lowest BCUT2D eigenvalue weighted by Crippen LogP contribution is -2.46. The lowest BCUT2D eigenvalue weighted by molar-refractivity contribution is -0.170. The fourth-order valence-corrected chi connectivity index (χ4v) is 1.75. The van der Waals surface area contributed by atoms with Gasteiger partial charge >= 0.3 is 12.1 Å². The number of carbonyl (C=O) groups is 1. The lowest BCUT2D eigenvalue weighted by Gasteiger charge is -2.27. The van der Waals surface area contributed by atoms with Crippen molar-refractivity contribution in [1.29, 1.82) is 0 Å². The quantitative estimate of drug-likeness (QED) is 0.490. The molecule has 1 aromatic rings. The molecule has 0 aliphatic rings. The zero-order valence-electron chi connectivity index (χ0n) is 10.7. The average molecular weight is 295 g/mol. The summed E-state index contributed by atoms with van der Waals surface area (Å²) in [7, 11) is 0. The van der Waals surface area contributed by atoms with Crippen LogP contribution in [0.15, 0.2) is 18.2 Å². The molecule has 1 aromatic carbocycles. The van der Waals surface area contributed by atoms with Crippen molar-refractivity contribution in [1.82, 2.24) is 0 Å². The maximum Gasteiger partial charge on any atom is 0.473 e. The summed E-state index contributed by atoms with van der Waals surface area (Å²) in [6, 6.07) is 4.34. The normalized spacial score (nSPS) is 12.4. The number of carbonyl (C=O) groups excluding carboxylic acids is 1. The molecule has 0 saturated heterocycles. The van der Waals surface area contributed by atoms with Crippen LogP contribution in [0.5, 0.6) is 0 Å². The topological polar surface area (TPSA) is 46.3 Å². The van der Waals surface area contributed by atoms with E-state index in [0.717, 1.165) is 0 Å². The fraction of sp³-hybridized carbons (Fsp3) is 0.417. The summed E-state index contributed by atoms with van der Waals surface area (Å²) in [5.41, 5.74) is -0.0389. The third-order valence-corrected chi connectivity index (χ3v) is 2.72. The van der Waals surface area contributed by atoms with E-state index in [2.05, 4.69) is 0 Å². The molecule has 0 aromatic heterocycles. The first-order chi connectivity index (χ1) is 8.44. The fourth-order valence-electron chi connectivity index (χ4n) is 1.58. The van der Waals surface area contributed by atoms with Gasteiger partial charge in [0.25, 0.3) is 0 Å². The molecule has 0 unspecified atom stereocenters. The SMILES string of the molecule is CC(C)(C)c1ccc(Cl)cc1N(N)C(=O)C(F)(F)F.